The molecule has 3 rings (SSSR count). The number of halogens is 4. The van der Waals surface area contributed by atoms with Crippen molar-refractivity contribution in [3.63, 3.8) is 0 Å². The monoisotopic (exact) mass is 414 g/mol. The molecule has 1 saturated heterocycles. The summed E-state index contributed by atoms with van der Waals surface area (Å²) in [5, 5.41) is 0.174. The van der Waals surface area contributed by atoms with Gasteiger partial charge in [0.1, 0.15) is 29.0 Å². The molecule has 1 aliphatic rings. The molecule has 0 saturated carbocycles. The summed E-state index contributed by atoms with van der Waals surface area (Å²) < 4.78 is 64.3. The van der Waals surface area contributed by atoms with Crippen LogP contribution in [0.4, 0.5) is 22.4 Å². The number of aromatic nitrogens is 1. The predicted octanol–water partition coefficient (Wildman–Crippen LogP) is 5.17. The zero-order valence-corrected chi connectivity index (χ0v) is 16.3. The minimum absolute atomic E-state index is 0.00224. The third-order valence-corrected chi connectivity index (χ3v) is 4.41. The van der Waals surface area contributed by atoms with Crippen molar-refractivity contribution in [1.82, 2.24) is 9.88 Å². The van der Waals surface area contributed by atoms with Gasteiger partial charge in [0.2, 0.25) is 0 Å². The van der Waals surface area contributed by atoms with E-state index in [0.29, 0.717) is 25.9 Å². The summed E-state index contributed by atoms with van der Waals surface area (Å²) in [4.78, 5) is 17.2. The van der Waals surface area contributed by atoms with E-state index in [0.717, 1.165) is 18.2 Å². The maximum absolute atomic E-state index is 13.6. The van der Waals surface area contributed by atoms with Crippen LogP contribution in [0.3, 0.4) is 0 Å². The number of alkyl halides is 3. The van der Waals surface area contributed by atoms with Gasteiger partial charge in [0.05, 0.1) is 5.52 Å². The number of nitrogens with zero attached hydrogens (tertiary/aromatic N) is 2. The average Bonchev–Trinajstić information content (AvgIpc) is 2.60. The van der Waals surface area contributed by atoms with E-state index in [1.165, 1.54) is 11.0 Å². The maximum atomic E-state index is 13.6. The molecular weight excluding hydrogens is 392 g/mol. The standard InChI is InChI=1S/C20H22F4N2O3/c1-19(2,3)29-18(27)26-8-6-13(7-9-26)28-16-11-17(20(22,23)24)25-15-5-4-12(21)10-14(15)16/h4-5,10-11,13H,6-9H2,1-3H3. The zero-order valence-electron chi connectivity index (χ0n) is 16.3. The molecule has 9 heteroatoms. The van der Waals surface area contributed by atoms with E-state index in [9.17, 15) is 22.4 Å². The summed E-state index contributed by atoms with van der Waals surface area (Å²) in [5.41, 5.74) is -1.71. The number of pyridine rings is 1. The molecule has 2 heterocycles. The molecule has 0 bridgehead atoms. The number of ether oxygens (including phenoxy) is 2. The van der Waals surface area contributed by atoms with E-state index >= 15 is 0 Å². The third kappa shape index (κ3) is 5.27. The second-order valence-electron chi connectivity index (χ2n) is 7.95. The van der Waals surface area contributed by atoms with Crippen LogP contribution in [0.2, 0.25) is 0 Å². The summed E-state index contributed by atoms with van der Waals surface area (Å²) >= 11 is 0. The molecule has 5 nitrogen and oxygen atoms in total. The fourth-order valence-corrected chi connectivity index (χ4v) is 3.07. The van der Waals surface area contributed by atoms with Crippen LogP contribution in [0.15, 0.2) is 24.3 Å². The van der Waals surface area contributed by atoms with Gasteiger partial charge in [0, 0.05) is 37.4 Å². The van der Waals surface area contributed by atoms with E-state index in [1.807, 2.05) is 0 Å². The van der Waals surface area contributed by atoms with Gasteiger partial charge in [-0.2, -0.15) is 13.2 Å². The Morgan fingerprint density at radius 3 is 2.38 bits per heavy atom. The molecule has 29 heavy (non-hydrogen) atoms. The van der Waals surface area contributed by atoms with Crippen LogP contribution >= 0.6 is 0 Å². The molecule has 1 amide bonds. The lowest BCUT2D eigenvalue weighted by Gasteiger charge is -2.33. The lowest BCUT2D eigenvalue weighted by molar-refractivity contribution is -0.141. The first-order valence-corrected chi connectivity index (χ1v) is 9.24. The Labute approximate surface area is 165 Å². The smallest absolute Gasteiger partial charge is 0.433 e. The molecule has 1 aromatic heterocycles. The van der Waals surface area contributed by atoms with Gasteiger partial charge in [-0.1, -0.05) is 0 Å². The van der Waals surface area contributed by atoms with Crippen molar-refractivity contribution in [1.29, 1.82) is 0 Å². The molecule has 1 fully saturated rings. The van der Waals surface area contributed by atoms with Crippen molar-refractivity contribution in [2.24, 2.45) is 0 Å². The lowest BCUT2D eigenvalue weighted by Crippen LogP contribution is -2.44. The van der Waals surface area contributed by atoms with Gasteiger partial charge in [0.25, 0.3) is 0 Å². The minimum atomic E-state index is -4.65. The number of rotatable bonds is 2. The number of amides is 1. The van der Waals surface area contributed by atoms with E-state index in [1.54, 1.807) is 20.8 Å². The first-order chi connectivity index (χ1) is 13.4. The second kappa shape index (κ2) is 7.68. The summed E-state index contributed by atoms with van der Waals surface area (Å²) in [7, 11) is 0. The Hall–Kier alpha value is -2.58. The zero-order chi connectivity index (χ0) is 21.4. The number of likely N-dealkylation sites (tertiary alicyclic amines) is 1. The Morgan fingerprint density at radius 2 is 1.79 bits per heavy atom. The molecule has 0 spiro atoms. The average molecular weight is 414 g/mol. The summed E-state index contributed by atoms with van der Waals surface area (Å²) in [6.07, 6.45) is -4.67. The van der Waals surface area contributed by atoms with Gasteiger partial charge in [0.15, 0.2) is 0 Å². The van der Waals surface area contributed by atoms with Gasteiger partial charge in [-0.15, -0.1) is 0 Å². The summed E-state index contributed by atoms with van der Waals surface area (Å²) in [5.74, 6) is -0.666. The molecule has 0 unspecified atom stereocenters. The highest BCUT2D eigenvalue weighted by atomic mass is 19.4. The highest BCUT2D eigenvalue weighted by molar-refractivity contribution is 5.85. The third-order valence-electron chi connectivity index (χ3n) is 4.41. The number of hydrogen-bond donors (Lipinski definition) is 0. The molecule has 0 aliphatic carbocycles. The number of carbonyl (C=O) groups is 1. The van der Waals surface area contributed by atoms with Gasteiger partial charge < -0.3 is 14.4 Å². The second-order valence-corrected chi connectivity index (χ2v) is 7.95. The molecule has 158 valence electrons. The number of fused-ring (bicyclic) bond motifs is 1. The normalized spacial score (nSPS) is 16.2. The van der Waals surface area contributed by atoms with Gasteiger partial charge in [-0.05, 0) is 39.0 Å². The minimum Gasteiger partial charge on any atom is -0.490 e. The Balaban J connectivity index is 1.77. The fraction of sp³-hybridized carbons (Fsp3) is 0.500. The van der Waals surface area contributed by atoms with E-state index < -0.39 is 35.5 Å². The maximum Gasteiger partial charge on any atom is 0.433 e. The van der Waals surface area contributed by atoms with Crippen molar-refractivity contribution in [3.05, 3.63) is 35.8 Å². The van der Waals surface area contributed by atoms with Gasteiger partial charge in [-0.3, -0.25) is 0 Å². The first kappa shape index (κ1) is 21.1. The van der Waals surface area contributed by atoms with Crippen molar-refractivity contribution in [3.8, 4) is 5.75 Å². The lowest BCUT2D eigenvalue weighted by atomic mass is 10.1. The van der Waals surface area contributed by atoms with E-state index in [2.05, 4.69) is 4.98 Å². The van der Waals surface area contributed by atoms with Crippen LogP contribution in [0.25, 0.3) is 10.9 Å². The molecular formula is C20H22F4N2O3. The molecule has 2 aromatic rings. The molecule has 0 N–H and O–H groups in total. The van der Waals surface area contributed by atoms with Crippen LogP contribution in [0.1, 0.15) is 39.3 Å². The fourth-order valence-electron chi connectivity index (χ4n) is 3.07. The quantitative estimate of drug-likeness (QED) is 0.636. The van der Waals surface area contributed by atoms with E-state index in [4.69, 9.17) is 9.47 Å². The number of benzene rings is 1. The van der Waals surface area contributed by atoms with Gasteiger partial charge >= 0.3 is 12.3 Å². The Kier molecular flexibility index (Phi) is 5.60. The highest BCUT2D eigenvalue weighted by Gasteiger charge is 2.34. The number of carbonyl (C=O) groups excluding carboxylic acids is 1. The van der Waals surface area contributed by atoms with Crippen LogP contribution < -0.4 is 4.74 Å². The largest absolute Gasteiger partial charge is 0.490 e. The van der Waals surface area contributed by atoms with Crippen LogP contribution in [-0.4, -0.2) is 40.8 Å². The van der Waals surface area contributed by atoms with Crippen molar-refractivity contribution >= 4 is 17.0 Å². The summed E-state index contributed by atoms with van der Waals surface area (Å²) in [6.45, 7) is 6.01. The Bertz CT molecular complexity index is 901. The number of piperidine rings is 1. The van der Waals surface area contributed by atoms with Crippen molar-refractivity contribution < 1.29 is 31.8 Å². The molecule has 1 aromatic carbocycles. The molecule has 0 radical (unpaired) electrons. The molecule has 0 atom stereocenters. The SMILES string of the molecule is CC(C)(C)OC(=O)N1CCC(Oc2cc(C(F)(F)F)nc3ccc(F)cc23)CC1. The topological polar surface area (TPSA) is 51.7 Å². The van der Waals surface area contributed by atoms with Crippen molar-refractivity contribution in [2.75, 3.05) is 13.1 Å². The van der Waals surface area contributed by atoms with Crippen LogP contribution in [0, 0.1) is 5.82 Å². The van der Waals surface area contributed by atoms with E-state index in [-0.39, 0.29) is 16.7 Å². The first-order valence-electron chi connectivity index (χ1n) is 9.24. The predicted molar refractivity (Wildman–Crippen MR) is 98.2 cm³/mol. The number of hydrogen-bond acceptors (Lipinski definition) is 4. The van der Waals surface area contributed by atoms with Crippen molar-refractivity contribution in [2.45, 2.75) is 51.5 Å². The Morgan fingerprint density at radius 1 is 1.14 bits per heavy atom. The van der Waals surface area contributed by atoms with Gasteiger partial charge in [-0.25, -0.2) is 14.2 Å². The highest BCUT2D eigenvalue weighted by Crippen LogP contribution is 2.35. The van der Waals surface area contributed by atoms with Crippen LogP contribution in [-0.2, 0) is 10.9 Å². The summed E-state index contributed by atoms with van der Waals surface area (Å²) in [6, 6.07) is 4.14. The van der Waals surface area contributed by atoms with Crippen LogP contribution in [0.5, 0.6) is 5.75 Å². The molecule has 1 aliphatic heterocycles.